The third-order valence-electron chi connectivity index (χ3n) is 6.11. The van der Waals surface area contributed by atoms with Crippen LogP contribution in [0.25, 0.3) is 5.69 Å². The molecule has 2 saturated heterocycles. The molecule has 0 amide bonds. The van der Waals surface area contributed by atoms with Crippen LogP contribution in [-0.2, 0) is 11.2 Å². The number of nitrogens with zero attached hydrogens (tertiary/aromatic N) is 5. The molecule has 2 aromatic rings. The van der Waals surface area contributed by atoms with Crippen LogP contribution in [0.15, 0.2) is 35.3 Å². The van der Waals surface area contributed by atoms with Crippen molar-refractivity contribution in [2.24, 2.45) is 10.4 Å². The van der Waals surface area contributed by atoms with Crippen LogP contribution < -0.4 is 11.1 Å². The Labute approximate surface area is 177 Å². The van der Waals surface area contributed by atoms with Crippen LogP contribution >= 0.6 is 0 Å². The molecule has 0 bridgehead atoms. The van der Waals surface area contributed by atoms with Crippen LogP contribution in [0.4, 0.5) is 5.82 Å². The summed E-state index contributed by atoms with van der Waals surface area (Å²) in [6.45, 7) is 4.52. The summed E-state index contributed by atoms with van der Waals surface area (Å²) in [5, 5.41) is 17.6. The van der Waals surface area contributed by atoms with Gasteiger partial charge in [-0.25, -0.2) is 4.68 Å². The summed E-state index contributed by atoms with van der Waals surface area (Å²) in [6, 6.07) is 11.9. The van der Waals surface area contributed by atoms with Crippen LogP contribution in [-0.4, -0.2) is 60.5 Å². The molecule has 1 spiro atoms. The monoisotopic (exact) mass is 407 g/mol. The van der Waals surface area contributed by atoms with E-state index in [2.05, 4.69) is 26.4 Å². The Morgan fingerprint density at radius 3 is 2.90 bits per heavy atom. The number of para-hydroxylation sites is 1. The SMILES string of the molecule is CN=C(NCCCc1nn(-c2ccccc2)c(N)c1C#N)N1CCC2(CCOC2)C1. The number of aliphatic imine (C=N–C) groups is 1. The van der Waals surface area contributed by atoms with Gasteiger partial charge in [-0.15, -0.1) is 0 Å². The highest BCUT2D eigenvalue weighted by Gasteiger charge is 2.42. The van der Waals surface area contributed by atoms with Gasteiger partial charge >= 0.3 is 0 Å². The fourth-order valence-corrected chi connectivity index (χ4v) is 4.42. The first kappa shape index (κ1) is 20.2. The standard InChI is InChI=1S/C22H29N7O/c1-25-21(28-12-9-22(15-28)10-13-30-16-22)26-11-5-8-19-18(14-23)20(24)29(27-19)17-6-3-2-4-7-17/h2-4,6-7H,5,8-13,15-16,24H2,1H3,(H,25,26). The van der Waals surface area contributed by atoms with Crippen LogP contribution in [0.5, 0.6) is 0 Å². The number of ether oxygens (including phenoxy) is 1. The molecule has 3 heterocycles. The Morgan fingerprint density at radius 2 is 2.20 bits per heavy atom. The van der Waals surface area contributed by atoms with Crippen molar-refractivity contribution in [1.82, 2.24) is 20.0 Å². The van der Waals surface area contributed by atoms with Crippen molar-refractivity contribution in [2.75, 3.05) is 45.6 Å². The molecule has 8 nitrogen and oxygen atoms in total. The molecule has 30 heavy (non-hydrogen) atoms. The highest BCUT2D eigenvalue weighted by atomic mass is 16.5. The van der Waals surface area contributed by atoms with E-state index in [0.717, 1.165) is 69.5 Å². The van der Waals surface area contributed by atoms with Gasteiger partial charge in [-0.3, -0.25) is 4.99 Å². The summed E-state index contributed by atoms with van der Waals surface area (Å²) in [4.78, 5) is 6.79. The topological polar surface area (TPSA) is 104 Å². The lowest BCUT2D eigenvalue weighted by Gasteiger charge is -2.24. The number of hydrogen-bond donors (Lipinski definition) is 2. The Kier molecular flexibility index (Phi) is 5.91. The van der Waals surface area contributed by atoms with Crippen molar-refractivity contribution in [1.29, 1.82) is 5.26 Å². The lowest BCUT2D eigenvalue weighted by atomic mass is 9.87. The van der Waals surface area contributed by atoms with Gasteiger partial charge in [-0.1, -0.05) is 18.2 Å². The van der Waals surface area contributed by atoms with E-state index in [1.807, 2.05) is 37.4 Å². The molecule has 1 aromatic heterocycles. The van der Waals surface area contributed by atoms with Gasteiger partial charge in [0.05, 0.1) is 18.0 Å². The molecule has 1 atom stereocenters. The Balaban J connectivity index is 1.34. The van der Waals surface area contributed by atoms with Gasteiger partial charge in [-0.05, 0) is 37.8 Å². The molecule has 4 rings (SSSR count). The van der Waals surface area contributed by atoms with E-state index in [-0.39, 0.29) is 0 Å². The van der Waals surface area contributed by atoms with Gasteiger partial charge in [0.1, 0.15) is 17.5 Å². The number of rotatable bonds is 5. The van der Waals surface area contributed by atoms with Gasteiger partial charge in [0.25, 0.3) is 0 Å². The number of anilines is 1. The summed E-state index contributed by atoms with van der Waals surface area (Å²) < 4.78 is 7.27. The molecule has 3 N–H and O–H groups in total. The zero-order valence-corrected chi connectivity index (χ0v) is 17.5. The van der Waals surface area contributed by atoms with E-state index in [0.29, 0.717) is 23.2 Å². The van der Waals surface area contributed by atoms with Crippen LogP contribution in [0.2, 0.25) is 0 Å². The van der Waals surface area contributed by atoms with Crippen molar-refractivity contribution in [2.45, 2.75) is 25.7 Å². The zero-order valence-electron chi connectivity index (χ0n) is 17.5. The van der Waals surface area contributed by atoms with Crippen molar-refractivity contribution >= 4 is 11.8 Å². The van der Waals surface area contributed by atoms with E-state index < -0.39 is 0 Å². The highest BCUT2D eigenvalue weighted by Crippen LogP contribution is 2.38. The second kappa shape index (κ2) is 8.76. The van der Waals surface area contributed by atoms with Crippen molar-refractivity contribution in [3.8, 4) is 11.8 Å². The molecular formula is C22H29N7O. The molecule has 1 unspecified atom stereocenters. The molecule has 0 radical (unpaired) electrons. The molecule has 8 heteroatoms. The number of likely N-dealkylation sites (tertiary alicyclic amines) is 1. The molecule has 1 aromatic carbocycles. The number of nitriles is 1. The first-order valence-electron chi connectivity index (χ1n) is 10.5. The van der Waals surface area contributed by atoms with Crippen LogP contribution in [0.1, 0.15) is 30.5 Å². The molecule has 0 saturated carbocycles. The van der Waals surface area contributed by atoms with Crippen LogP contribution in [0, 0.1) is 16.7 Å². The van der Waals surface area contributed by atoms with Gasteiger partial charge in [0.2, 0.25) is 0 Å². The lowest BCUT2D eigenvalue weighted by Crippen LogP contribution is -2.41. The lowest BCUT2D eigenvalue weighted by molar-refractivity contribution is 0.156. The van der Waals surface area contributed by atoms with E-state index in [1.54, 1.807) is 4.68 Å². The minimum absolute atomic E-state index is 0.307. The third-order valence-corrected chi connectivity index (χ3v) is 6.11. The number of benzene rings is 1. The van der Waals surface area contributed by atoms with Crippen LogP contribution in [0.3, 0.4) is 0 Å². The second-order valence-electron chi connectivity index (χ2n) is 8.12. The fraction of sp³-hybridized carbons (Fsp3) is 0.500. The number of hydrogen-bond acceptors (Lipinski definition) is 5. The van der Waals surface area contributed by atoms with E-state index in [1.165, 1.54) is 0 Å². The first-order valence-corrected chi connectivity index (χ1v) is 10.5. The summed E-state index contributed by atoms with van der Waals surface area (Å²) in [5.74, 6) is 1.33. The Hall–Kier alpha value is -3.05. The maximum Gasteiger partial charge on any atom is 0.193 e. The molecule has 158 valence electrons. The maximum atomic E-state index is 9.55. The first-order chi connectivity index (χ1) is 14.7. The number of aromatic nitrogens is 2. The molecule has 0 aliphatic carbocycles. The molecule has 2 fully saturated rings. The number of nitrogens with one attached hydrogen (secondary N) is 1. The smallest absolute Gasteiger partial charge is 0.193 e. The minimum atomic E-state index is 0.307. The average molecular weight is 408 g/mol. The van der Waals surface area contributed by atoms with Gasteiger partial charge in [-0.2, -0.15) is 10.4 Å². The summed E-state index contributed by atoms with van der Waals surface area (Å²) >= 11 is 0. The maximum absolute atomic E-state index is 9.55. The van der Waals surface area contributed by atoms with Crippen molar-refractivity contribution in [3.05, 3.63) is 41.6 Å². The van der Waals surface area contributed by atoms with E-state index in [4.69, 9.17) is 10.5 Å². The number of guanidine groups is 1. The summed E-state index contributed by atoms with van der Waals surface area (Å²) in [6.07, 6.45) is 3.81. The predicted octanol–water partition coefficient (Wildman–Crippen LogP) is 1.95. The van der Waals surface area contributed by atoms with E-state index in [9.17, 15) is 5.26 Å². The number of nitrogen functional groups attached to an aromatic ring is 1. The van der Waals surface area contributed by atoms with Crippen molar-refractivity contribution < 1.29 is 4.74 Å². The molecular weight excluding hydrogens is 378 g/mol. The highest BCUT2D eigenvalue weighted by molar-refractivity contribution is 5.80. The van der Waals surface area contributed by atoms with Gasteiger partial charge < -0.3 is 20.7 Å². The Morgan fingerprint density at radius 1 is 1.37 bits per heavy atom. The van der Waals surface area contributed by atoms with E-state index >= 15 is 0 Å². The largest absolute Gasteiger partial charge is 0.382 e. The second-order valence-corrected chi connectivity index (χ2v) is 8.12. The van der Waals surface area contributed by atoms with Gasteiger partial charge in [0, 0.05) is 38.7 Å². The molecule has 2 aliphatic rings. The Bertz CT molecular complexity index is 938. The number of aryl methyl sites for hydroxylation is 1. The predicted molar refractivity (Wildman–Crippen MR) is 116 cm³/mol. The average Bonchev–Trinajstić information content (AvgIpc) is 3.49. The molecule has 2 aliphatic heterocycles. The quantitative estimate of drug-likeness (QED) is 0.446. The zero-order chi connectivity index (χ0) is 21.0. The van der Waals surface area contributed by atoms with Crippen molar-refractivity contribution in [3.63, 3.8) is 0 Å². The third kappa shape index (κ3) is 3.98. The normalized spacial score (nSPS) is 21.3. The summed E-state index contributed by atoms with van der Waals surface area (Å²) in [5.41, 5.74) is 8.55. The fourth-order valence-electron chi connectivity index (χ4n) is 4.42. The number of nitrogens with two attached hydrogens (primary N) is 1. The van der Waals surface area contributed by atoms with Gasteiger partial charge in [0.15, 0.2) is 5.96 Å². The summed E-state index contributed by atoms with van der Waals surface area (Å²) in [7, 11) is 1.83. The minimum Gasteiger partial charge on any atom is -0.382 e.